The number of hydrogen-bond acceptors (Lipinski definition) is 8. The Labute approximate surface area is 215 Å². The molecule has 0 aliphatic carbocycles. The molecule has 4 aromatic rings. The van der Waals surface area contributed by atoms with Gasteiger partial charge >= 0.3 is 0 Å². The first-order valence-electron chi connectivity index (χ1n) is 12.3. The summed E-state index contributed by atoms with van der Waals surface area (Å²) in [4.78, 5) is 32.1. The molecule has 5 rings (SSSR count). The van der Waals surface area contributed by atoms with Crippen molar-refractivity contribution in [1.82, 2.24) is 19.9 Å². The Morgan fingerprint density at radius 3 is 2.58 bits per heavy atom. The minimum absolute atomic E-state index is 0.0964. The van der Waals surface area contributed by atoms with Gasteiger partial charge in [-0.1, -0.05) is 23.5 Å². The van der Waals surface area contributed by atoms with Crippen molar-refractivity contribution in [1.29, 1.82) is 0 Å². The molecule has 3 aromatic heterocycles. The highest BCUT2D eigenvalue weighted by Crippen LogP contribution is 2.31. The molecule has 36 heavy (non-hydrogen) atoms. The van der Waals surface area contributed by atoms with Gasteiger partial charge in [0.2, 0.25) is 5.91 Å². The van der Waals surface area contributed by atoms with Crippen molar-refractivity contribution in [3.8, 4) is 10.4 Å². The van der Waals surface area contributed by atoms with Crippen LogP contribution in [0.2, 0.25) is 0 Å². The number of nitrogens with one attached hydrogen (secondary N) is 2. The van der Waals surface area contributed by atoms with Crippen LogP contribution in [0.1, 0.15) is 19.4 Å². The normalized spacial score (nSPS) is 14.4. The lowest BCUT2D eigenvalue weighted by Crippen LogP contribution is -2.49. The number of amides is 1. The zero-order valence-electron chi connectivity index (χ0n) is 20.9. The van der Waals surface area contributed by atoms with E-state index in [0.29, 0.717) is 11.9 Å². The fraction of sp³-hybridized carbons (Fsp3) is 0.333. The second-order valence-electron chi connectivity index (χ2n) is 9.28. The predicted octanol–water partition coefficient (Wildman–Crippen LogP) is 4.51. The van der Waals surface area contributed by atoms with Gasteiger partial charge in [-0.15, -0.1) is 0 Å². The molecule has 186 valence electrons. The van der Waals surface area contributed by atoms with Crippen molar-refractivity contribution in [3.63, 3.8) is 0 Å². The molecule has 8 nitrogen and oxygen atoms in total. The van der Waals surface area contributed by atoms with Crippen molar-refractivity contribution in [2.24, 2.45) is 0 Å². The first-order chi connectivity index (χ1) is 17.5. The van der Waals surface area contributed by atoms with E-state index in [4.69, 9.17) is 0 Å². The highest BCUT2D eigenvalue weighted by molar-refractivity contribution is 7.18. The smallest absolute Gasteiger partial charge is 0.229 e. The summed E-state index contributed by atoms with van der Waals surface area (Å²) in [6.07, 6.45) is 5.73. The van der Waals surface area contributed by atoms with Crippen LogP contribution in [-0.4, -0.2) is 65.0 Å². The number of carbonyl (C=O) groups excluding carboxylic acids is 1. The topological polar surface area (TPSA) is 86.3 Å². The van der Waals surface area contributed by atoms with Crippen LogP contribution in [0.25, 0.3) is 21.2 Å². The molecular weight excluding hydrogens is 470 g/mol. The first-order valence-corrected chi connectivity index (χ1v) is 13.1. The van der Waals surface area contributed by atoms with E-state index in [-0.39, 0.29) is 12.3 Å². The Hall–Kier alpha value is -3.56. The highest BCUT2D eigenvalue weighted by Gasteiger charge is 2.20. The summed E-state index contributed by atoms with van der Waals surface area (Å²) in [6, 6.07) is 12.6. The zero-order valence-corrected chi connectivity index (χ0v) is 21.7. The molecule has 0 radical (unpaired) electrons. The number of pyridine rings is 2. The molecule has 4 heterocycles. The van der Waals surface area contributed by atoms with E-state index in [1.165, 1.54) is 0 Å². The molecule has 0 unspecified atom stereocenters. The SMILES string of the molecule is CNc1ncc(-c2ccc3cnc(NC(=O)Cc4ccnc(N5CCN(C(C)C)CC5)c4)cc3c2)s1. The fourth-order valence-corrected chi connectivity index (χ4v) is 5.24. The van der Waals surface area contributed by atoms with Gasteiger partial charge in [0.05, 0.1) is 11.3 Å². The predicted molar refractivity (Wildman–Crippen MR) is 148 cm³/mol. The van der Waals surface area contributed by atoms with Crippen LogP contribution in [0.15, 0.2) is 55.0 Å². The van der Waals surface area contributed by atoms with Gasteiger partial charge in [-0.2, -0.15) is 0 Å². The molecule has 1 saturated heterocycles. The first kappa shape index (κ1) is 24.1. The second-order valence-corrected chi connectivity index (χ2v) is 10.3. The number of hydrogen-bond donors (Lipinski definition) is 2. The Bertz CT molecular complexity index is 1360. The number of anilines is 3. The summed E-state index contributed by atoms with van der Waals surface area (Å²) in [5, 5.41) is 8.95. The van der Waals surface area contributed by atoms with E-state index < -0.39 is 0 Å². The third-order valence-corrected chi connectivity index (χ3v) is 7.60. The van der Waals surface area contributed by atoms with Gasteiger partial charge in [0.25, 0.3) is 0 Å². The van der Waals surface area contributed by atoms with Crippen LogP contribution < -0.4 is 15.5 Å². The van der Waals surface area contributed by atoms with E-state index in [2.05, 4.69) is 61.4 Å². The standard InChI is InChI=1S/C27H31N7OS/c1-18(2)33-8-10-34(11-9-33)25-12-19(6-7-29-25)13-26(35)32-24-15-22-14-20(4-5-21(22)16-30-24)23-17-31-27(28-3)36-23/h4-7,12,14-18H,8-11,13H2,1-3H3,(H,28,31)(H,30,32,35). The summed E-state index contributed by atoms with van der Waals surface area (Å²) in [7, 11) is 1.87. The molecule has 0 spiro atoms. The van der Waals surface area contributed by atoms with Gasteiger partial charge in [-0.3, -0.25) is 9.69 Å². The van der Waals surface area contributed by atoms with E-state index in [1.807, 2.05) is 37.5 Å². The van der Waals surface area contributed by atoms with Crippen molar-refractivity contribution in [2.45, 2.75) is 26.3 Å². The quantitative estimate of drug-likeness (QED) is 0.385. The lowest BCUT2D eigenvalue weighted by molar-refractivity contribution is -0.115. The summed E-state index contributed by atoms with van der Waals surface area (Å²) in [5.41, 5.74) is 2.03. The molecule has 0 atom stereocenters. The fourth-order valence-electron chi connectivity index (χ4n) is 4.47. The third-order valence-electron chi connectivity index (χ3n) is 6.54. The van der Waals surface area contributed by atoms with Gasteiger partial charge in [0, 0.05) is 63.2 Å². The molecule has 1 aliphatic heterocycles. The Morgan fingerprint density at radius 2 is 1.83 bits per heavy atom. The van der Waals surface area contributed by atoms with Gasteiger partial charge in [0.15, 0.2) is 5.13 Å². The molecule has 9 heteroatoms. The van der Waals surface area contributed by atoms with Crippen LogP contribution in [0, 0.1) is 0 Å². The van der Waals surface area contributed by atoms with Crippen LogP contribution in [0.4, 0.5) is 16.8 Å². The van der Waals surface area contributed by atoms with E-state index in [9.17, 15) is 4.79 Å². The average Bonchev–Trinajstić information content (AvgIpc) is 3.38. The largest absolute Gasteiger partial charge is 0.365 e. The lowest BCUT2D eigenvalue weighted by Gasteiger charge is -2.37. The van der Waals surface area contributed by atoms with E-state index in [1.54, 1.807) is 23.7 Å². The minimum Gasteiger partial charge on any atom is -0.365 e. The maximum Gasteiger partial charge on any atom is 0.229 e. The number of piperazine rings is 1. The number of benzene rings is 1. The van der Waals surface area contributed by atoms with E-state index in [0.717, 1.165) is 63.9 Å². The average molecular weight is 502 g/mol. The monoisotopic (exact) mass is 501 g/mol. The summed E-state index contributed by atoms with van der Waals surface area (Å²) in [5.74, 6) is 1.38. The van der Waals surface area contributed by atoms with Gasteiger partial charge < -0.3 is 15.5 Å². The molecule has 0 bridgehead atoms. The molecule has 2 N–H and O–H groups in total. The molecule has 1 aromatic carbocycles. The van der Waals surface area contributed by atoms with E-state index >= 15 is 0 Å². The minimum atomic E-state index is -0.0964. The number of fused-ring (bicyclic) bond motifs is 1. The molecule has 1 amide bonds. The van der Waals surface area contributed by atoms with Crippen LogP contribution >= 0.6 is 11.3 Å². The van der Waals surface area contributed by atoms with Gasteiger partial charge in [-0.25, -0.2) is 15.0 Å². The second kappa shape index (κ2) is 10.6. The van der Waals surface area contributed by atoms with Gasteiger partial charge in [0.1, 0.15) is 11.6 Å². The van der Waals surface area contributed by atoms with Gasteiger partial charge in [-0.05, 0) is 54.6 Å². The van der Waals surface area contributed by atoms with Crippen molar-refractivity contribution in [2.75, 3.05) is 48.8 Å². The lowest BCUT2D eigenvalue weighted by atomic mass is 10.1. The highest BCUT2D eigenvalue weighted by atomic mass is 32.1. The zero-order chi connectivity index (χ0) is 25.1. The summed E-state index contributed by atoms with van der Waals surface area (Å²) >= 11 is 1.60. The number of aromatic nitrogens is 3. The maximum absolute atomic E-state index is 12.8. The Balaban J connectivity index is 1.25. The maximum atomic E-state index is 12.8. The van der Waals surface area contributed by atoms with Crippen LogP contribution in [0.3, 0.4) is 0 Å². The molecule has 1 fully saturated rings. The molecule has 0 saturated carbocycles. The van der Waals surface area contributed by atoms with Crippen molar-refractivity contribution in [3.05, 3.63) is 60.6 Å². The van der Waals surface area contributed by atoms with Crippen LogP contribution in [-0.2, 0) is 11.2 Å². The number of rotatable bonds is 7. The molecular formula is C27H31N7OS. The summed E-state index contributed by atoms with van der Waals surface area (Å²) in [6.45, 7) is 8.41. The number of carbonyl (C=O) groups is 1. The Morgan fingerprint density at radius 1 is 1.00 bits per heavy atom. The van der Waals surface area contributed by atoms with Crippen molar-refractivity contribution < 1.29 is 4.79 Å². The van der Waals surface area contributed by atoms with Crippen molar-refractivity contribution >= 4 is 44.8 Å². The molecule has 1 aliphatic rings. The van der Waals surface area contributed by atoms with Crippen LogP contribution in [0.5, 0.6) is 0 Å². The number of thiazole rings is 1. The summed E-state index contributed by atoms with van der Waals surface area (Å²) < 4.78 is 0. The Kier molecular flexibility index (Phi) is 7.11. The third kappa shape index (κ3) is 5.47. The number of nitrogens with zero attached hydrogens (tertiary/aromatic N) is 5.